The lowest BCUT2D eigenvalue weighted by Gasteiger charge is -2.26. The van der Waals surface area contributed by atoms with Crippen molar-refractivity contribution in [1.82, 2.24) is 0 Å². The normalized spacial score (nSPS) is 32.3. The fraction of sp³-hybridized carbons (Fsp3) is 0.700. The standard InChI is InChI=1S/C10H16O/c1-7-4-9(3)10(6-11)5-8(7)2/h6,9-10H,4-5H2,1-3H3. The molecule has 0 spiro atoms. The Morgan fingerprint density at radius 3 is 2.36 bits per heavy atom. The minimum Gasteiger partial charge on any atom is -0.303 e. The summed E-state index contributed by atoms with van der Waals surface area (Å²) in [7, 11) is 0. The molecule has 1 rings (SSSR count). The van der Waals surface area contributed by atoms with Gasteiger partial charge in [0.15, 0.2) is 0 Å². The number of rotatable bonds is 1. The molecule has 0 N–H and O–H groups in total. The topological polar surface area (TPSA) is 17.1 Å². The summed E-state index contributed by atoms with van der Waals surface area (Å²) < 4.78 is 0. The number of carbonyl (C=O) groups is 1. The number of carbonyl (C=O) groups excluding carboxylic acids is 1. The maximum absolute atomic E-state index is 10.6. The van der Waals surface area contributed by atoms with Crippen molar-refractivity contribution < 1.29 is 4.79 Å². The summed E-state index contributed by atoms with van der Waals surface area (Å²) in [6.45, 7) is 6.47. The van der Waals surface area contributed by atoms with Crippen LogP contribution in [0.15, 0.2) is 11.1 Å². The molecule has 1 aliphatic carbocycles. The summed E-state index contributed by atoms with van der Waals surface area (Å²) in [4.78, 5) is 10.6. The van der Waals surface area contributed by atoms with E-state index in [4.69, 9.17) is 0 Å². The lowest BCUT2D eigenvalue weighted by atomic mass is 9.78. The second kappa shape index (κ2) is 3.21. The molecular weight excluding hydrogens is 136 g/mol. The van der Waals surface area contributed by atoms with Gasteiger partial charge in [0.2, 0.25) is 0 Å². The highest BCUT2D eigenvalue weighted by Crippen LogP contribution is 2.32. The minimum absolute atomic E-state index is 0.277. The second-order valence-electron chi connectivity index (χ2n) is 3.75. The fourth-order valence-corrected chi connectivity index (χ4v) is 1.72. The van der Waals surface area contributed by atoms with Gasteiger partial charge >= 0.3 is 0 Å². The molecule has 0 fully saturated rings. The molecule has 0 aromatic heterocycles. The smallest absolute Gasteiger partial charge is 0.123 e. The minimum atomic E-state index is 0.277. The first-order chi connectivity index (χ1) is 5.15. The molecule has 0 aromatic carbocycles. The third-order valence-electron chi connectivity index (χ3n) is 2.80. The molecule has 0 aromatic rings. The molecule has 1 aliphatic rings. The Balaban J connectivity index is 2.74. The average molecular weight is 152 g/mol. The molecule has 0 heterocycles. The molecule has 0 saturated carbocycles. The van der Waals surface area contributed by atoms with Gasteiger partial charge in [0.25, 0.3) is 0 Å². The van der Waals surface area contributed by atoms with Gasteiger partial charge in [-0.05, 0) is 32.6 Å². The van der Waals surface area contributed by atoms with Crippen LogP contribution in [-0.2, 0) is 4.79 Å². The fourth-order valence-electron chi connectivity index (χ4n) is 1.72. The van der Waals surface area contributed by atoms with Gasteiger partial charge in [-0.25, -0.2) is 0 Å². The van der Waals surface area contributed by atoms with Crippen molar-refractivity contribution in [3.63, 3.8) is 0 Å². The summed E-state index contributed by atoms with van der Waals surface area (Å²) in [5.74, 6) is 0.829. The van der Waals surface area contributed by atoms with E-state index in [1.165, 1.54) is 11.1 Å². The van der Waals surface area contributed by atoms with Crippen LogP contribution in [0.25, 0.3) is 0 Å². The summed E-state index contributed by atoms with van der Waals surface area (Å²) in [5.41, 5.74) is 2.90. The van der Waals surface area contributed by atoms with Gasteiger partial charge in [-0.2, -0.15) is 0 Å². The second-order valence-corrected chi connectivity index (χ2v) is 3.75. The Hall–Kier alpha value is -0.590. The summed E-state index contributed by atoms with van der Waals surface area (Å²) >= 11 is 0. The van der Waals surface area contributed by atoms with Crippen molar-refractivity contribution in [2.75, 3.05) is 0 Å². The first-order valence-electron chi connectivity index (χ1n) is 4.25. The summed E-state index contributed by atoms with van der Waals surface area (Å²) in [6, 6.07) is 0. The van der Waals surface area contributed by atoms with Crippen molar-refractivity contribution in [2.45, 2.75) is 33.6 Å². The third-order valence-corrected chi connectivity index (χ3v) is 2.80. The Morgan fingerprint density at radius 2 is 1.82 bits per heavy atom. The van der Waals surface area contributed by atoms with E-state index in [1.807, 2.05) is 0 Å². The van der Waals surface area contributed by atoms with Crippen LogP contribution in [-0.4, -0.2) is 6.29 Å². The number of allylic oxidation sites excluding steroid dienone is 2. The molecule has 0 amide bonds. The van der Waals surface area contributed by atoms with Gasteiger partial charge < -0.3 is 4.79 Å². The van der Waals surface area contributed by atoms with E-state index in [0.29, 0.717) is 5.92 Å². The first-order valence-corrected chi connectivity index (χ1v) is 4.25. The number of hydrogen-bond donors (Lipinski definition) is 0. The highest BCUT2D eigenvalue weighted by atomic mass is 16.1. The molecular formula is C10H16O. The maximum Gasteiger partial charge on any atom is 0.123 e. The lowest BCUT2D eigenvalue weighted by Crippen LogP contribution is -2.18. The SMILES string of the molecule is CC1=C(C)CC(C=O)C(C)C1. The molecule has 1 heteroatoms. The largest absolute Gasteiger partial charge is 0.303 e. The number of aldehydes is 1. The Labute approximate surface area is 68.5 Å². The van der Waals surface area contributed by atoms with E-state index in [-0.39, 0.29) is 5.92 Å². The van der Waals surface area contributed by atoms with Crippen LogP contribution in [0.3, 0.4) is 0 Å². The van der Waals surface area contributed by atoms with Crippen molar-refractivity contribution >= 4 is 6.29 Å². The van der Waals surface area contributed by atoms with Crippen molar-refractivity contribution in [3.8, 4) is 0 Å². The van der Waals surface area contributed by atoms with Crippen LogP contribution in [0, 0.1) is 11.8 Å². The first kappa shape index (κ1) is 8.51. The predicted octanol–water partition coefficient (Wildman–Crippen LogP) is 2.57. The molecule has 2 atom stereocenters. The number of hydrogen-bond acceptors (Lipinski definition) is 1. The highest BCUT2D eigenvalue weighted by Gasteiger charge is 2.22. The monoisotopic (exact) mass is 152 g/mol. The van der Waals surface area contributed by atoms with Gasteiger partial charge in [0, 0.05) is 5.92 Å². The van der Waals surface area contributed by atoms with Gasteiger partial charge in [-0.15, -0.1) is 0 Å². The van der Waals surface area contributed by atoms with E-state index in [1.54, 1.807) is 0 Å². The van der Waals surface area contributed by atoms with Gasteiger partial charge in [-0.3, -0.25) is 0 Å². The maximum atomic E-state index is 10.6. The van der Waals surface area contributed by atoms with E-state index < -0.39 is 0 Å². The third kappa shape index (κ3) is 1.70. The average Bonchev–Trinajstić information content (AvgIpc) is 1.97. The summed E-state index contributed by atoms with van der Waals surface area (Å²) in [6.07, 6.45) is 3.20. The zero-order chi connectivity index (χ0) is 8.43. The molecule has 0 bridgehead atoms. The Kier molecular flexibility index (Phi) is 2.48. The zero-order valence-corrected chi connectivity index (χ0v) is 7.55. The van der Waals surface area contributed by atoms with Crippen LogP contribution < -0.4 is 0 Å². The lowest BCUT2D eigenvalue weighted by molar-refractivity contribution is -0.112. The summed E-state index contributed by atoms with van der Waals surface area (Å²) in [5, 5.41) is 0. The van der Waals surface area contributed by atoms with Gasteiger partial charge in [-0.1, -0.05) is 18.1 Å². The Bertz CT molecular complexity index is 191. The van der Waals surface area contributed by atoms with E-state index in [0.717, 1.165) is 19.1 Å². The van der Waals surface area contributed by atoms with Crippen LogP contribution in [0.4, 0.5) is 0 Å². The predicted molar refractivity (Wildman–Crippen MR) is 46.3 cm³/mol. The van der Waals surface area contributed by atoms with Crippen molar-refractivity contribution in [1.29, 1.82) is 0 Å². The molecule has 1 nitrogen and oxygen atoms in total. The molecule has 0 radical (unpaired) electrons. The molecule has 0 aliphatic heterocycles. The van der Waals surface area contributed by atoms with Gasteiger partial charge in [0.05, 0.1) is 0 Å². The highest BCUT2D eigenvalue weighted by molar-refractivity contribution is 5.55. The molecule has 11 heavy (non-hydrogen) atoms. The van der Waals surface area contributed by atoms with Crippen molar-refractivity contribution in [3.05, 3.63) is 11.1 Å². The van der Waals surface area contributed by atoms with Crippen LogP contribution in [0.2, 0.25) is 0 Å². The molecule has 2 unspecified atom stereocenters. The van der Waals surface area contributed by atoms with E-state index in [2.05, 4.69) is 20.8 Å². The van der Waals surface area contributed by atoms with Crippen molar-refractivity contribution in [2.24, 2.45) is 11.8 Å². The Morgan fingerprint density at radius 1 is 1.27 bits per heavy atom. The van der Waals surface area contributed by atoms with Crippen LogP contribution >= 0.6 is 0 Å². The zero-order valence-electron chi connectivity index (χ0n) is 7.55. The molecule has 0 saturated heterocycles. The van der Waals surface area contributed by atoms with Crippen LogP contribution in [0.1, 0.15) is 33.6 Å². The van der Waals surface area contributed by atoms with E-state index in [9.17, 15) is 4.79 Å². The quantitative estimate of drug-likeness (QED) is 0.417. The molecule has 62 valence electrons. The van der Waals surface area contributed by atoms with E-state index >= 15 is 0 Å². The van der Waals surface area contributed by atoms with Gasteiger partial charge in [0.1, 0.15) is 6.29 Å². The van der Waals surface area contributed by atoms with Crippen LogP contribution in [0.5, 0.6) is 0 Å².